The SMILES string of the molecule is CCn1cc(S(=O)(=O)N2CCCC(C(=O)Nc3cn(CC)nc3C(=O)NC)C2)c(C)n1. The third-order valence-electron chi connectivity index (χ3n) is 5.38. The van der Waals surface area contributed by atoms with Gasteiger partial charge in [0.25, 0.3) is 5.91 Å². The highest BCUT2D eigenvalue weighted by Gasteiger charge is 2.35. The van der Waals surface area contributed by atoms with Crippen molar-refractivity contribution in [3.8, 4) is 0 Å². The van der Waals surface area contributed by atoms with Crippen LogP contribution in [0.2, 0.25) is 0 Å². The third kappa shape index (κ3) is 4.64. The molecule has 1 saturated heterocycles. The van der Waals surface area contributed by atoms with Crippen molar-refractivity contribution in [2.45, 2.75) is 51.6 Å². The summed E-state index contributed by atoms with van der Waals surface area (Å²) in [5, 5.41) is 13.7. The Morgan fingerprint density at radius 3 is 2.45 bits per heavy atom. The van der Waals surface area contributed by atoms with E-state index in [1.54, 1.807) is 22.5 Å². The molecule has 2 aromatic rings. The summed E-state index contributed by atoms with van der Waals surface area (Å²) in [5.41, 5.74) is 0.877. The van der Waals surface area contributed by atoms with Gasteiger partial charge in [-0.15, -0.1) is 0 Å². The van der Waals surface area contributed by atoms with Crippen LogP contribution in [0.4, 0.5) is 5.69 Å². The van der Waals surface area contributed by atoms with Crippen molar-refractivity contribution in [1.29, 1.82) is 0 Å². The van der Waals surface area contributed by atoms with Crippen molar-refractivity contribution in [3.05, 3.63) is 23.8 Å². The smallest absolute Gasteiger partial charge is 0.273 e. The molecule has 170 valence electrons. The maximum absolute atomic E-state index is 13.2. The first-order valence-electron chi connectivity index (χ1n) is 10.4. The fourth-order valence-corrected chi connectivity index (χ4v) is 5.32. The molecule has 1 fully saturated rings. The summed E-state index contributed by atoms with van der Waals surface area (Å²) in [6.07, 6.45) is 4.25. The van der Waals surface area contributed by atoms with Gasteiger partial charge in [0, 0.05) is 45.6 Å². The second-order valence-corrected chi connectivity index (χ2v) is 9.36. The van der Waals surface area contributed by atoms with Crippen molar-refractivity contribution in [1.82, 2.24) is 29.2 Å². The molecular weight excluding hydrogens is 422 g/mol. The highest BCUT2D eigenvalue weighted by atomic mass is 32.2. The number of anilines is 1. The van der Waals surface area contributed by atoms with Crippen LogP contribution in [0.5, 0.6) is 0 Å². The minimum Gasteiger partial charge on any atom is -0.354 e. The maximum Gasteiger partial charge on any atom is 0.273 e. The van der Waals surface area contributed by atoms with Crippen LogP contribution < -0.4 is 10.6 Å². The summed E-state index contributed by atoms with van der Waals surface area (Å²) in [7, 11) is -2.27. The van der Waals surface area contributed by atoms with E-state index in [1.807, 2.05) is 13.8 Å². The van der Waals surface area contributed by atoms with E-state index in [0.29, 0.717) is 43.9 Å². The van der Waals surface area contributed by atoms with Crippen molar-refractivity contribution in [3.63, 3.8) is 0 Å². The van der Waals surface area contributed by atoms with Crippen LogP contribution in [-0.4, -0.2) is 64.2 Å². The van der Waals surface area contributed by atoms with Gasteiger partial charge in [0.15, 0.2) is 5.69 Å². The Kier molecular flexibility index (Phi) is 6.80. The Labute approximate surface area is 181 Å². The number of hydrogen-bond acceptors (Lipinski definition) is 6. The first-order chi connectivity index (χ1) is 14.7. The van der Waals surface area contributed by atoms with Gasteiger partial charge in [0.05, 0.1) is 17.3 Å². The van der Waals surface area contributed by atoms with Crippen molar-refractivity contribution in [2.75, 3.05) is 25.5 Å². The first kappa shape index (κ1) is 22.9. The molecule has 1 atom stereocenters. The first-order valence-corrected chi connectivity index (χ1v) is 11.8. The number of amides is 2. The highest BCUT2D eigenvalue weighted by Crippen LogP contribution is 2.26. The average molecular weight is 452 g/mol. The molecule has 0 aromatic carbocycles. The summed E-state index contributed by atoms with van der Waals surface area (Å²) in [5.74, 6) is -1.27. The van der Waals surface area contributed by atoms with Gasteiger partial charge in [-0.05, 0) is 33.6 Å². The van der Waals surface area contributed by atoms with E-state index in [4.69, 9.17) is 0 Å². The Morgan fingerprint density at radius 1 is 1.16 bits per heavy atom. The van der Waals surface area contributed by atoms with Crippen LogP contribution in [0, 0.1) is 12.8 Å². The molecule has 1 unspecified atom stereocenters. The minimum atomic E-state index is -3.76. The van der Waals surface area contributed by atoms with E-state index in [2.05, 4.69) is 20.8 Å². The molecule has 0 radical (unpaired) electrons. The quantitative estimate of drug-likeness (QED) is 0.641. The molecule has 0 spiro atoms. The lowest BCUT2D eigenvalue weighted by Gasteiger charge is -2.31. The zero-order chi connectivity index (χ0) is 22.8. The van der Waals surface area contributed by atoms with E-state index >= 15 is 0 Å². The van der Waals surface area contributed by atoms with Gasteiger partial charge >= 0.3 is 0 Å². The molecule has 2 aromatic heterocycles. The molecule has 12 heteroatoms. The Balaban J connectivity index is 1.78. The number of sulfonamides is 1. The lowest BCUT2D eigenvalue weighted by Crippen LogP contribution is -2.43. The Hall–Kier alpha value is -2.73. The van der Waals surface area contributed by atoms with Crippen LogP contribution in [0.25, 0.3) is 0 Å². The number of nitrogens with zero attached hydrogens (tertiary/aromatic N) is 5. The van der Waals surface area contributed by atoms with Gasteiger partial charge in [0.2, 0.25) is 15.9 Å². The topological polar surface area (TPSA) is 131 Å². The number of aromatic nitrogens is 4. The molecule has 31 heavy (non-hydrogen) atoms. The van der Waals surface area contributed by atoms with E-state index in [-0.39, 0.29) is 23.0 Å². The molecule has 3 heterocycles. The van der Waals surface area contributed by atoms with Gasteiger partial charge in [0.1, 0.15) is 4.90 Å². The summed E-state index contributed by atoms with van der Waals surface area (Å²) in [6, 6.07) is 0. The predicted molar refractivity (Wildman–Crippen MR) is 114 cm³/mol. The predicted octanol–water partition coefficient (Wildman–Crippen LogP) is 0.827. The molecule has 1 aliphatic heterocycles. The summed E-state index contributed by atoms with van der Waals surface area (Å²) in [6.45, 7) is 6.96. The fraction of sp³-hybridized carbons (Fsp3) is 0.579. The third-order valence-corrected chi connectivity index (χ3v) is 7.35. The number of nitrogens with one attached hydrogen (secondary N) is 2. The average Bonchev–Trinajstić information content (AvgIpc) is 3.36. The number of hydrogen-bond donors (Lipinski definition) is 2. The second-order valence-electron chi connectivity index (χ2n) is 7.45. The highest BCUT2D eigenvalue weighted by molar-refractivity contribution is 7.89. The fourth-order valence-electron chi connectivity index (χ4n) is 3.62. The van der Waals surface area contributed by atoms with Crippen molar-refractivity contribution >= 4 is 27.5 Å². The molecule has 0 saturated carbocycles. The summed E-state index contributed by atoms with van der Waals surface area (Å²) in [4.78, 5) is 25.2. The minimum absolute atomic E-state index is 0.0716. The van der Waals surface area contributed by atoms with Gasteiger partial charge in [-0.25, -0.2) is 8.42 Å². The normalized spacial score (nSPS) is 17.5. The monoisotopic (exact) mass is 451 g/mol. The number of carbonyl (C=O) groups is 2. The maximum atomic E-state index is 13.2. The standard InChI is InChI=1S/C19H29N7O4S/c1-5-24-11-15(17(23-24)19(28)20-4)21-18(27)14-8-7-9-26(10-14)31(29,30)16-12-25(6-2)22-13(16)3/h11-12,14H,5-10H2,1-4H3,(H,20,28)(H,21,27). The van der Waals surface area contributed by atoms with Crippen LogP contribution in [0.15, 0.2) is 17.3 Å². The Morgan fingerprint density at radius 2 is 1.84 bits per heavy atom. The molecule has 2 N–H and O–H groups in total. The molecule has 0 aliphatic carbocycles. The van der Waals surface area contributed by atoms with E-state index in [0.717, 1.165) is 0 Å². The van der Waals surface area contributed by atoms with Gasteiger partial charge in [-0.1, -0.05) is 0 Å². The van der Waals surface area contributed by atoms with Gasteiger partial charge in [-0.2, -0.15) is 14.5 Å². The lowest BCUT2D eigenvalue weighted by molar-refractivity contribution is -0.120. The summed E-state index contributed by atoms with van der Waals surface area (Å²) >= 11 is 0. The van der Waals surface area contributed by atoms with E-state index in [9.17, 15) is 18.0 Å². The lowest BCUT2D eigenvalue weighted by atomic mass is 9.99. The summed E-state index contributed by atoms with van der Waals surface area (Å²) < 4.78 is 30.8. The van der Waals surface area contributed by atoms with Crippen LogP contribution >= 0.6 is 0 Å². The molecule has 3 rings (SSSR count). The van der Waals surface area contributed by atoms with Crippen molar-refractivity contribution < 1.29 is 18.0 Å². The van der Waals surface area contributed by atoms with Gasteiger partial charge < -0.3 is 10.6 Å². The second kappa shape index (κ2) is 9.18. The molecular formula is C19H29N7O4S. The van der Waals surface area contributed by atoms with Crippen LogP contribution in [0.1, 0.15) is 42.9 Å². The van der Waals surface area contributed by atoms with Crippen LogP contribution in [0.3, 0.4) is 0 Å². The number of rotatable bonds is 7. The van der Waals surface area contributed by atoms with Crippen molar-refractivity contribution in [2.24, 2.45) is 5.92 Å². The number of aryl methyl sites for hydroxylation is 3. The largest absolute Gasteiger partial charge is 0.354 e. The molecule has 11 nitrogen and oxygen atoms in total. The van der Waals surface area contributed by atoms with E-state index < -0.39 is 21.8 Å². The molecule has 1 aliphatic rings. The zero-order valence-corrected chi connectivity index (χ0v) is 19.1. The Bertz CT molecular complexity index is 1070. The van der Waals surface area contributed by atoms with Gasteiger partial charge in [-0.3, -0.25) is 19.0 Å². The zero-order valence-electron chi connectivity index (χ0n) is 18.3. The van der Waals surface area contributed by atoms with E-state index in [1.165, 1.54) is 17.5 Å². The molecule has 0 bridgehead atoms. The number of piperidine rings is 1. The number of carbonyl (C=O) groups excluding carboxylic acids is 2. The van der Waals surface area contributed by atoms with Crippen LogP contribution in [-0.2, 0) is 27.9 Å². The molecule has 2 amide bonds.